The number of nitrogens with zero attached hydrogens (tertiary/aromatic N) is 2. The minimum absolute atomic E-state index is 0.724. The molecule has 4 nitrogen and oxygen atoms in total. The normalized spacial score (nSPS) is 22.6. The van der Waals surface area contributed by atoms with Crippen LogP contribution in [0.5, 0.6) is 0 Å². The van der Waals surface area contributed by atoms with E-state index in [0.29, 0.717) is 0 Å². The van der Waals surface area contributed by atoms with Gasteiger partial charge in [0.25, 0.3) is 0 Å². The molecule has 4 heteroatoms. The molecule has 2 rings (SSSR count). The third-order valence-electron chi connectivity index (χ3n) is 4.18. The summed E-state index contributed by atoms with van der Waals surface area (Å²) in [5.41, 5.74) is 1.00. The van der Waals surface area contributed by atoms with Crippen LogP contribution in [0.15, 0.2) is 6.07 Å². The van der Waals surface area contributed by atoms with Crippen LogP contribution in [0.4, 0.5) is 11.8 Å². The average Bonchev–Trinajstić information content (AvgIpc) is 2.41. The van der Waals surface area contributed by atoms with Crippen LogP contribution in [0.2, 0.25) is 0 Å². The molecule has 0 unspecified atom stereocenters. The molecular formula is C16H28N4. The Labute approximate surface area is 122 Å². The van der Waals surface area contributed by atoms with Gasteiger partial charge in [0.2, 0.25) is 5.95 Å². The van der Waals surface area contributed by atoms with Gasteiger partial charge in [-0.2, -0.15) is 4.98 Å². The highest BCUT2D eigenvalue weighted by atomic mass is 15.1. The van der Waals surface area contributed by atoms with Gasteiger partial charge >= 0.3 is 0 Å². The fourth-order valence-corrected chi connectivity index (χ4v) is 2.92. The van der Waals surface area contributed by atoms with Gasteiger partial charge in [0.1, 0.15) is 5.82 Å². The van der Waals surface area contributed by atoms with E-state index in [1.54, 1.807) is 0 Å². The van der Waals surface area contributed by atoms with Crippen LogP contribution in [0, 0.1) is 18.8 Å². The van der Waals surface area contributed by atoms with E-state index in [4.69, 9.17) is 0 Å². The van der Waals surface area contributed by atoms with Crippen molar-refractivity contribution in [1.29, 1.82) is 0 Å². The topological polar surface area (TPSA) is 49.8 Å². The molecule has 0 saturated heterocycles. The van der Waals surface area contributed by atoms with Crippen molar-refractivity contribution in [2.75, 3.05) is 23.7 Å². The number of rotatable bonds is 6. The van der Waals surface area contributed by atoms with Crippen LogP contribution in [0.25, 0.3) is 0 Å². The van der Waals surface area contributed by atoms with Gasteiger partial charge in [-0.1, -0.05) is 32.6 Å². The molecule has 1 saturated carbocycles. The second-order valence-corrected chi connectivity index (χ2v) is 6.09. The van der Waals surface area contributed by atoms with Crippen LogP contribution in [0.1, 0.15) is 51.6 Å². The molecule has 0 amide bonds. The Morgan fingerprint density at radius 2 is 1.90 bits per heavy atom. The molecular weight excluding hydrogens is 248 g/mol. The molecule has 0 spiro atoms. The molecule has 1 aromatic heterocycles. The lowest BCUT2D eigenvalue weighted by molar-refractivity contribution is 0.282. The van der Waals surface area contributed by atoms with Gasteiger partial charge in [-0.05, 0) is 32.1 Å². The van der Waals surface area contributed by atoms with E-state index in [1.807, 2.05) is 13.0 Å². The zero-order valence-electron chi connectivity index (χ0n) is 13.1. The van der Waals surface area contributed by atoms with Crippen molar-refractivity contribution >= 4 is 11.8 Å². The van der Waals surface area contributed by atoms with Crippen molar-refractivity contribution in [3.8, 4) is 0 Å². The van der Waals surface area contributed by atoms with E-state index >= 15 is 0 Å². The average molecular weight is 276 g/mol. The maximum Gasteiger partial charge on any atom is 0.224 e. The van der Waals surface area contributed by atoms with Gasteiger partial charge in [0.05, 0.1) is 0 Å². The SMILES string of the molecule is CCNc1nc(C)cc(NCCC2CCC(C)CC2)n1. The molecule has 1 aromatic rings. The molecule has 0 atom stereocenters. The highest BCUT2D eigenvalue weighted by molar-refractivity contribution is 5.41. The number of anilines is 2. The number of hydrogen-bond acceptors (Lipinski definition) is 4. The van der Waals surface area contributed by atoms with Crippen LogP contribution in [-0.2, 0) is 0 Å². The molecule has 112 valence electrons. The first-order chi connectivity index (χ1) is 9.67. The van der Waals surface area contributed by atoms with Gasteiger partial charge in [-0.3, -0.25) is 0 Å². The van der Waals surface area contributed by atoms with Gasteiger partial charge in [-0.25, -0.2) is 4.98 Å². The number of aryl methyl sites for hydroxylation is 1. The molecule has 1 aliphatic rings. The van der Waals surface area contributed by atoms with Crippen molar-refractivity contribution in [2.45, 2.75) is 52.9 Å². The summed E-state index contributed by atoms with van der Waals surface area (Å²) in [5.74, 6) is 3.50. The molecule has 1 aliphatic carbocycles. The van der Waals surface area contributed by atoms with Gasteiger partial charge < -0.3 is 10.6 Å². The van der Waals surface area contributed by atoms with Crippen molar-refractivity contribution in [3.63, 3.8) is 0 Å². The first-order valence-electron chi connectivity index (χ1n) is 8.00. The predicted octanol–water partition coefficient (Wildman–Crippen LogP) is 3.85. The molecule has 2 N–H and O–H groups in total. The second kappa shape index (κ2) is 7.46. The van der Waals surface area contributed by atoms with Crippen molar-refractivity contribution in [3.05, 3.63) is 11.8 Å². The van der Waals surface area contributed by atoms with E-state index in [2.05, 4.69) is 34.4 Å². The fourth-order valence-electron chi connectivity index (χ4n) is 2.92. The van der Waals surface area contributed by atoms with Crippen molar-refractivity contribution in [1.82, 2.24) is 9.97 Å². The standard InChI is InChI=1S/C16H28N4/c1-4-17-16-19-13(3)11-15(20-16)18-10-9-14-7-5-12(2)6-8-14/h11-12,14H,4-10H2,1-3H3,(H2,17,18,19,20). The summed E-state index contributed by atoms with van der Waals surface area (Å²) in [7, 11) is 0. The molecule has 1 fully saturated rings. The number of aromatic nitrogens is 2. The minimum atomic E-state index is 0.724. The Hall–Kier alpha value is -1.32. The Balaban J connectivity index is 1.78. The van der Waals surface area contributed by atoms with Crippen molar-refractivity contribution in [2.24, 2.45) is 11.8 Å². The predicted molar refractivity (Wildman–Crippen MR) is 85.2 cm³/mol. The van der Waals surface area contributed by atoms with E-state index in [0.717, 1.165) is 42.4 Å². The maximum atomic E-state index is 4.48. The summed E-state index contributed by atoms with van der Waals surface area (Å²) in [4.78, 5) is 8.85. The van der Waals surface area contributed by atoms with Gasteiger partial charge in [-0.15, -0.1) is 0 Å². The Kier molecular flexibility index (Phi) is 5.62. The molecule has 1 heterocycles. The van der Waals surface area contributed by atoms with Crippen LogP contribution < -0.4 is 10.6 Å². The summed E-state index contributed by atoms with van der Waals surface area (Å²) in [6, 6.07) is 2.02. The summed E-state index contributed by atoms with van der Waals surface area (Å²) in [6.07, 6.45) is 6.86. The smallest absolute Gasteiger partial charge is 0.224 e. The quantitative estimate of drug-likeness (QED) is 0.828. The molecule has 0 aliphatic heterocycles. The lowest BCUT2D eigenvalue weighted by atomic mass is 9.81. The Morgan fingerprint density at radius 3 is 2.60 bits per heavy atom. The lowest BCUT2D eigenvalue weighted by Gasteiger charge is -2.26. The Morgan fingerprint density at radius 1 is 1.15 bits per heavy atom. The molecule has 0 radical (unpaired) electrons. The second-order valence-electron chi connectivity index (χ2n) is 6.09. The van der Waals surface area contributed by atoms with Gasteiger partial charge in [0, 0.05) is 24.8 Å². The zero-order valence-corrected chi connectivity index (χ0v) is 13.1. The van der Waals surface area contributed by atoms with E-state index in [-0.39, 0.29) is 0 Å². The first kappa shape index (κ1) is 15.1. The third kappa shape index (κ3) is 4.66. The molecule has 20 heavy (non-hydrogen) atoms. The first-order valence-corrected chi connectivity index (χ1v) is 8.00. The largest absolute Gasteiger partial charge is 0.370 e. The summed E-state index contributed by atoms with van der Waals surface area (Å²) < 4.78 is 0. The number of hydrogen-bond donors (Lipinski definition) is 2. The van der Waals surface area contributed by atoms with Crippen LogP contribution in [-0.4, -0.2) is 23.1 Å². The van der Waals surface area contributed by atoms with E-state index in [9.17, 15) is 0 Å². The summed E-state index contributed by atoms with van der Waals surface area (Å²) in [6.45, 7) is 8.31. The van der Waals surface area contributed by atoms with E-state index in [1.165, 1.54) is 32.1 Å². The Bertz CT molecular complexity index is 411. The highest BCUT2D eigenvalue weighted by Gasteiger charge is 2.17. The molecule has 0 bridgehead atoms. The maximum absolute atomic E-state index is 4.48. The van der Waals surface area contributed by atoms with Crippen molar-refractivity contribution < 1.29 is 0 Å². The minimum Gasteiger partial charge on any atom is -0.370 e. The highest BCUT2D eigenvalue weighted by Crippen LogP contribution is 2.30. The summed E-state index contributed by atoms with van der Waals surface area (Å²) in [5, 5.41) is 6.62. The monoisotopic (exact) mass is 276 g/mol. The van der Waals surface area contributed by atoms with Crippen LogP contribution >= 0.6 is 0 Å². The lowest BCUT2D eigenvalue weighted by Crippen LogP contribution is -2.16. The van der Waals surface area contributed by atoms with Gasteiger partial charge in [0.15, 0.2) is 0 Å². The van der Waals surface area contributed by atoms with Crippen LogP contribution in [0.3, 0.4) is 0 Å². The summed E-state index contributed by atoms with van der Waals surface area (Å²) >= 11 is 0. The number of nitrogens with one attached hydrogen (secondary N) is 2. The third-order valence-corrected chi connectivity index (χ3v) is 4.18. The zero-order chi connectivity index (χ0) is 14.4. The fraction of sp³-hybridized carbons (Fsp3) is 0.750. The van der Waals surface area contributed by atoms with E-state index < -0.39 is 0 Å². The molecule has 0 aromatic carbocycles.